The summed E-state index contributed by atoms with van der Waals surface area (Å²) in [5.74, 6) is -1.36. The molecule has 1 atom stereocenters. The Bertz CT molecular complexity index is 2000. The molecule has 232 valence electrons. The van der Waals surface area contributed by atoms with E-state index in [1.807, 2.05) is 24.3 Å². The van der Waals surface area contributed by atoms with Crippen LogP contribution in [0.5, 0.6) is 5.88 Å². The number of anilines is 1. The van der Waals surface area contributed by atoms with E-state index in [1.54, 1.807) is 25.3 Å². The van der Waals surface area contributed by atoms with E-state index in [4.69, 9.17) is 32.9 Å². The highest BCUT2D eigenvalue weighted by molar-refractivity contribution is 6.39. The first-order valence-electron chi connectivity index (χ1n) is 14.2. The number of nitrogens with one attached hydrogen (secondary N) is 1. The van der Waals surface area contributed by atoms with E-state index in [0.717, 1.165) is 33.1 Å². The van der Waals surface area contributed by atoms with Crippen LogP contribution in [0.1, 0.15) is 33.9 Å². The number of nitrogens with zero attached hydrogens (tertiary/aromatic N) is 4. The van der Waals surface area contributed by atoms with Crippen LogP contribution in [0.2, 0.25) is 10.0 Å². The molecule has 3 heterocycles. The van der Waals surface area contributed by atoms with Gasteiger partial charge in [0.1, 0.15) is 5.56 Å². The zero-order valence-electron chi connectivity index (χ0n) is 24.6. The Kier molecular flexibility index (Phi) is 8.02. The Morgan fingerprint density at radius 3 is 2.38 bits per heavy atom. The summed E-state index contributed by atoms with van der Waals surface area (Å²) in [4.78, 5) is 56.0. The van der Waals surface area contributed by atoms with Crippen LogP contribution in [0.3, 0.4) is 0 Å². The van der Waals surface area contributed by atoms with Gasteiger partial charge in [-0.15, -0.1) is 0 Å². The Labute approximate surface area is 267 Å². The molecule has 2 aromatic carbocycles. The van der Waals surface area contributed by atoms with Crippen LogP contribution in [0.15, 0.2) is 58.3 Å². The molecular weight excluding hydrogens is 621 g/mol. The lowest BCUT2D eigenvalue weighted by Gasteiger charge is -2.41. The molecule has 1 aliphatic heterocycles. The average Bonchev–Trinajstić information content (AvgIpc) is 3.41. The third-order valence-electron chi connectivity index (χ3n) is 8.53. The lowest BCUT2D eigenvalue weighted by atomic mass is 9.95. The summed E-state index contributed by atoms with van der Waals surface area (Å²) in [7, 11) is 4.32. The van der Waals surface area contributed by atoms with Crippen molar-refractivity contribution in [2.75, 3.05) is 25.5 Å². The number of fused-ring (bicyclic) bond motifs is 1. The Hall–Kier alpha value is -4.45. The second kappa shape index (κ2) is 11.8. The van der Waals surface area contributed by atoms with Gasteiger partial charge in [-0.05, 0) is 30.5 Å². The highest BCUT2D eigenvalue weighted by atomic mass is 35.5. The number of rotatable bonds is 7. The van der Waals surface area contributed by atoms with Gasteiger partial charge in [-0.1, -0.05) is 53.5 Å². The number of carbonyl (C=O) groups excluding carboxylic acids is 1. The van der Waals surface area contributed by atoms with Gasteiger partial charge in [0.2, 0.25) is 5.88 Å². The Morgan fingerprint density at radius 1 is 1.02 bits per heavy atom. The first-order valence-corrected chi connectivity index (χ1v) is 15.0. The van der Waals surface area contributed by atoms with Gasteiger partial charge in [-0.3, -0.25) is 23.9 Å². The molecule has 2 aromatic heterocycles. The highest BCUT2D eigenvalue weighted by Crippen LogP contribution is 2.46. The van der Waals surface area contributed by atoms with Crippen LogP contribution in [-0.2, 0) is 25.3 Å². The molecule has 13 heteroatoms. The molecule has 1 aliphatic carbocycles. The molecule has 4 aromatic rings. The van der Waals surface area contributed by atoms with Crippen LogP contribution in [0.25, 0.3) is 22.4 Å². The number of aryl methyl sites for hydroxylation is 2. The molecule has 11 nitrogen and oxygen atoms in total. The topological polar surface area (TPSA) is 136 Å². The SMILES string of the molecule is COc1nc(-c2cccc(-c3cccc(NC(=O)c4cn(C)c(=O)n(C)c4=O)c3Cl)c2Cl)cc2c1C(N1CC(C(=O)O)C1)CC2. The normalized spacial score (nSPS) is 16.2. The average molecular weight is 651 g/mol. The number of likely N-dealkylation sites (tertiary alicyclic amines) is 1. The van der Waals surface area contributed by atoms with E-state index in [-0.39, 0.29) is 28.2 Å². The number of carboxylic acids is 1. The van der Waals surface area contributed by atoms with Crippen LogP contribution in [-0.4, -0.2) is 56.2 Å². The van der Waals surface area contributed by atoms with Crippen molar-refractivity contribution in [2.45, 2.75) is 18.9 Å². The smallest absolute Gasteiger partial charge is 0.330 e. The van der Waals surface area contributed by atoms with Gasteiger partial charge < -0.3 is 19.7 Å². The number of benzene rings is 2. The van der Waals surface area contributed by atoms with E-state index in [0.29, 0.717) is 46.4 Å². The minimum Gasteiger partial charge on any atom is -0.481 e. The molecule has 2 N–H and O–H groups in total. The fourth-order valence-electron chi connectivity index (χ4n) is 6.09. The predicted molar refractivity (Wildman–Crippen MR) is 170 cm³/mol. The largest absolute Gasteiger partial charge is 0.481 e. The molecule has 0 saturated carbocycles. The van der Waals surface area contributed by atoms with Gasteiger partial charge in [0, 0.05) is 61.7 Å². The number of aliphatic carboxylic acids is 1. The second-order valence-electron chi connectivity index (χ2n) is 11.2. The minimum absolute atomic E-state index is 0.0478. The van der Waals surface area contributed by atoms with Gasteiger partial charge in [-0.25, -0.2) is 9.78 Å². The van der Waals surface area contributed by atoms with E-state index in [2.05, 4.69) is 10.2 Å². The number of amides is 1. The fourth-order valence-corrected chi connectivity index (χ4v) is 6.69. The number of pyridine rings is 1. The van der Waals surface area contributed by atoms with Gasteiger partial charge >= 0.3 is 11.7 Å². The Morgan fingerprint density at radius 2 is 1.69 bits per heavy atom. The number of methoxy groups -OCH3 is 1. The van der Waals surface area contributed by atoms with Crippen LogP contribution >= 0.6 is 23.2 Å². The van der Waals surface area contributed by atoms with Gasteiger partial charge in [0.15, 0.2) is 0 Å². The molecule has 1 saturated heterocycles. The lowest BCUT2D eigenvalue weighted by molar-refractivity contribution is -0.148. The first kappa shape index (κ1) is 30.6. The summed E-state index contributed by atoms with van der Waals surface area (Å²) in [5.41, 5.74) is 3.27. The third kappa shape index (κ3) is 5.30. The molecule has 1 fully saturated rings. The van der Waals surface area contributed by atoms with Crippen molar-refractivity contribution < 1.29 is 19.4 Å². The van der Waals surface area contributed by atoms with Gasteiger partial charge in [-0.2, -0.15) is 0 Å². The summed E-state index contributed by atoms with van der Waals surface area (Å²) in [5, 5.41) is 12.6. The highest BCUT2D eigenvalue weighted by Gasteiger charge is 2.41. The maximum atomic E-state index is 13.1. The van der Waals surface area contributed by atoms with E-state index < -0.39 is 23.1 Å². The molecule has 2 aliphatic rings. The van der Waals surface area contributed by atoms with Gasteiger partial charge in [0.05, 0.1) is 34.5 Å². The van der Waals surface area contributed by atoms with E-state index >= 15 is 0 Å². The van der Waals surface area contributed by atoms with E-state index in [9.17, 15) is 24.3 Å². The number of aromatic nitrogens is 3. The molecule has 0 radical (unpaired) electrons. The number of carbonyl (C=O) groups is 2. The summed E-state index contributed by atoms with van der Waals surface area (Å²) >= 11 is 13.8. The van der Waals surface area contributed by atoms with Gasteiger partial charge in [0.25, 0.3) is 11.5 Å². The fraction of sp³-hybridized carbons (Fsp3) is 0.281. The van der Waals surface area contributed by atoms with Crippen molar-refractivity contribution in [3.05, 3.63) is 96.2 Å². The van der Waals surface area contributed by atoms with Crippen molar-refractivity contribution >= 4 is 40.8 Å². The number of ether oxygens (including phenoxy) is 1. The number of hydrogen-bond acceptors (Lipinski definition) is 7. The van der Waals surface area contributed by atoms with Crippen LogP contribution < -0.4 is 21.3 Å². The molecule has 1 amide bonds. The number of hydrogen-bond donors (Lipinski definition) is 2. The van der Waals surface area contributed by atoms with Crippen molar-refractivity contribution in [3.8, 4) is 28.3 Å². The first-order chi connectivity index (χ1) is 21.5. The minimum atomic E-state index is -0.775. The summed E-state index contributed by atoms with van der Waals surface area (Å²) < 4.78 is 7.75. The maximum Gasteiger partial charge on any atom is 0.330 e. The Balaban J connectivity index is 1.32. The molecule has 0 bridgehead atoms. The second-order valence-corrected chi connectivity index (χ2v) is 12.0. The molecular formula is C32H29Cl2N5O6. The van der Waals surface area contributed by atoms with Crippen molar-refractivity contribution in [1.29, 1.82) is 0 Å². The van der Waals surface area contributed by atoms with Crippen molar-refractivity contribution in [2.24, 2.45) is 20.0 Å². The van der Waals surface area contributed by atoms with Crippen LogP contribution in [0, 0.1) is 5.92 Å². The number of carboxylic acid groups (broad SMARTS) is 1. The zero-order valence-corrected chi connectivity index (χ0v) is 26.1. The maximum absolute atomic E-state index is 13.1. The van der Waals surface area contributed by atoms with Crippen molar-refractivity contribution in [3.63, 3.8) is 0 Å². The monoisotopic (exact) mass is 649 g/mol. The molecule has 6 rings (SSSR count). The zero-order chi connectivity index (χ0) is 32.2. The third-order valence-corrected chi connectivity index (χ3v) is 9.34. The van der Waals surface area contributed by atoms with Crippen LogP contribution in [0.4, 0.5) is 5.69 Å². The standard InChI is InChI=1S/C32H29Cl2N5O6/c1-37-15-21(30(41)38(2)32(37)44)28(40)35-22-9-5-7-19(27(22)34)18-6-4-8-20(26(18)33)23-12-16-10-11-24(25(16)29(36-23)45-3)39-13-17(14-39)31(42)43/h4-9,12,15,17,24H,10-11,13-14H2,1-3H3,(H,35,40)(H,42,43). The van der Waals surface area contributed by atoms with E-state index in [1.165, 1.54) is 20.3 Å². The molecule has 1 unspecified atom stereocenters. The molecule has 45 heavy (non-hydrogen) atoms. The summed E-state index contributed by atoms with van der Waals surface area (Å²) in [6.45, 7) is 1.00. The molecule has 0 spiro atoms. The predicted octanol–water partition coefficient (Wildman–Crippen LogP) is 4.38. The summed E-state index contributed by atoms with van der Waals surface area (Å²) in [6, 6.07) is 12.6. The summed E-state index contributed by atoms with van der Waals surface area (Å²) in [6.07, 6.45) is 2.83. The number of halogens is 2. The quantitative estimate of drug-likeness (QED) is 0.301. The van der Waals surface area contributed by atoms with Crippen molar-refractivity contribution in [1.82, 2.24) is 19.0 Å². The lowest BCUT2D eigenvalue weighted by Crippen LogP contribution is -2.51.